The van der Waals surface area contributed by atoms with Crippen molar-refractivity contribution in [3.8, 4) is 0 Å². The van der Waals surface area contributed by atoms with Crippen LogP contribution in [0.25, 0.3) is 0 Å². The summed E-state index contributed by atoms with van der Waals surface area (Å²) in [6.45, 7) is 4.00. The van der Waals surface area contributed by atoms with E-state index < -0.39 is 16.0 Å². The van der Waals surface area contributed by atoms with Crippen LogP contribution in [0.3, 0.4) is 0 Å². The molecular formula is C16H25ClN2O4S. The zero-order valence-electron chi connectivity index (χ0n) is 14.0. The van der Waals surface area contributed by atoms with Crippen molar-refractivity contribution in [2.45, 2.75) is 31.1 Å². The fourth-order valence-corrected chi connectivity index (χ4v) is 4.20. The standard InChI is InChI=1S/C16H24N2O4S.ClH/c1-12-14(16(19)22-2)6-3-7-15(12)23(20,21)18-10-8-13-5-4-9-17-11-13;/h3,6-7,13,17-18H,4-5,8-11H2,1-2H3;1H. The molecule has 2 rings (SSSR count). The third-order valence-corrected chi connectivity index (χ3v) is 5.83. The monoisotopic (exact) mass is 376 g/mol. The average Bonchev–Trinajstić information content (AvgIpc) is 2.55. The van der Waals surface area contributed by atoms with Gasteiger partial charge in [-0.15, -0.1) is 12.4 Å². The van der Waals surface area contributed by atoms with Crippen molar-refractivity contribution < 1.29 is 17.9 Å². The molecule has 0 spiro atoms. The summed E-state index contributed by atoms with van der Waals surface area (Å²) < 4.78 is 32.3. The summed E-state index contributed by atoms with van der Waals surface area (Å²) in [6, 6.07) is 4.62. The average molecular weight is 377 g/mol. The van der Waals surface area contributed by atoms with Crippen molar-refractivity contribution in [3.63, 3.8) is 0 Å². The summed E-state index contributed by atoms with van der Waals surface area (Å²) in [5, 5.41) is 3.32. The number of piperidine rings is 1. The SMILES string of the molecule is COC(=O)c1cccc(S(=O)(=O)NCCC2CCCNC2)c1C.Cl. The predicted octanol–water partition coefficient (Wildman–Crippen LogP) is 1.87. The number of hydrogen-bond donors (Lipinski definition) is 2. The first-order valence-electron chi connectivity index (χ1n) is 7.84. The summed E-state index contributed by atoms with van der Waals surface area (Å²) in [4.78, 5) is 11.8. The molecule has 1 aliphatic heterocycles. The number of esters is 1. The van der Waals surface area contributed by atoms with Gasteiger partial charge in [0.2, 0.25) is 10.0 Å². The van der Waals surface area contributed by atoms with Gasteiger partial charge in [0.1, 0.15) is 0 Å². The van der Waals surface area contributed by atoms with Crippen molar-refractivity contribution in [1.29, 1.82) is 0 Å². The minimum absolute atomic E-state index is 0. The van der Waals surface area contributed by atoms with Gasteiger partial charge in [-0.2, -0.15) is 0 Å². The number of nitrogens with one attached hydrogen (secondary N) is 2. The second-order valence-electron chi connectivity index (χ2n) is 5.82. The molecule has 6 nitrogen and oxygen atoms in total. The van der Waals surface area contributed by atoms with E-state index in [9.17, 15) is 13.2 Å². The Morgan fingerprint density at radius 3 is 2.79 bits per heavy atom. The lowest BCUT2D eigenvalue weighted by Gasteiger charge is -2.22. The number of benzene rings is 1. The maximum Gasteiger partial charge on any atom is 0.338 e. The Hall–Kier alpha value is -1.15. The van der Waals surface area contributed by atoms with E-state index in [4.69, 9.17) is 0 Å². The van der Waals surface area contributed by atoms with E-state index in [1.54, 1.807) is 19.1 Å². The predicted molar refractivity (Wildman–Crippen MR) is 95.2 cm³/mol. The topological polar surface area (TPSA) is 84.5 Å². The molecule has 1 aliphatic rings. The molecule has 0 amide bonds. The number of carbonyl (C=O) groups excluding carboxylic acids is 1. The van der Waals surface area contributed by atoms with Crippen molar-refractivity contribution in [1.82, 2.24) is 10.0 Å². The van der Waals surface area contributed by atoms with E-state index in [2.05, 4.69) is 14.8 Å². The van der Waals surface area contributed by atoms with Gasteiger partial charge < -0.3 is 10.1 Å². The van der Waals surface area contributed by atoms with E-state index in [1.807, 2.05) is 0 Å². The number of methoxy groups -OCH3 is 1. The van der Waals surface area contributed by atoms with Gasteiger partial charge in [0.25, 0.3) is 0 Å². The van der Waals surface area contributed by atoms with Crippen LogP contribution >= 0.6 is 12.4 Å². The first-order valence-corrected chi connectivity index (χ1v) is 9.32. The Balaban J connectivity index is 0.00000288. The fourth-order valence-electron chi connectivity index (χ4n) is 2.88. The molecule has 1 saturated heterocycles. The van der Waals surface area contributed by atoms with Gasteiger partial charge in [-0.25, -0.2) is 17.9 Å². The molecule has 1 aromatic rings. The lowest BCUT2D eigenvalue weighted by molar-refractivity contribution is 0.0599. The van der Waals surface area contributed by atoms with Crippen LogP contribution in [0.4, 0.5) is 0 Å². The highest BCUT2D eigenvalue weighted by atomic mass is 35.5. The van der Waals surface area contributed by atoms with Crippen LogP contribution in [0.2, 0.25) is 0 Å². The van der Waals surface area contributed by atoms with Gasteiger partial charge >= 0.3 is 5.97 Å². The Morgan fingerprint density at radius 1 is 1.42 bits per heavy atom. The molecule has 2 N–H and O–H groups in total. The molecule has 0 bridgehead atoms. The number of carbonyl (C=O) groups is 1. The van der Waals surface area contributed by atoms with E-state index in [0.717, 1.165) is 32.4 Å². The summed E-state index contributed by atoms with van der Waals surface area (Å²) in [6.07, 6.45) is 3.07. The third kappa shape index (κ3) is 5.17. The third-order valence-electron chi connectivity index (χ3n) is 4.22. The molecule has 1 atom stereocenters. The maximum absolute atomic E-state index is 12.5. The van der Waals surface area contributed by atoms with Gasteiger partial charge in [0, 0.05) is 6.54 Å². The Labute approximate surface area is 149 Å². The molecule has 24 heavy (non-hydrogen) atoms. The highest BCUT2D eigenvalue weighted by Crippen LogP contribution is 2.20. The lowest BCUT2D eigenvalue weighted by Crippen LogP contribution is -2.33. The van der Waals surface area contributed by atoms with Gasteiger partial charge in [0.05, 0.1) is 17.6 Å². The summed E-state index contributed by atoms with van der Waals surface area (Å²) >= 11 is 0. The van der Waals surface area contributed by atoms with Crippen LogP contribution in [0.5, 0.6) is 0 Å². The minimum Gasteiger partial charge on any atom is -0.465 e. The molecule has 1 unspecified atom stereocenters. The number of halogens is 1. The van der Waals surface area contributed by atoms with Crippen LogP contribution in [0, 0.1) is 12.8 Å². The highest BCUT2D eigenvalue weighted by molar-refractivity contribution is 7.89. The number of ether oxygens (including phenoxy) is 1. The number of sulfonamides is 1. The van der Waals surface area contributed by atoms with Gasteiger partial charge in [-0.3, -0.25) is 0 Å². The molecule has 0 aliphatic carbocycles. The molecule has 1 heterocycles. The van der Waals surface area contributed by atoms with Crippen LogP contribution in [0.1, 0.15) is 35.2 Å². The molecule has 1 fully saturated rings. The first kappa shape index (κ1) is 20.9. The van der Waals surface area contributed by atoms with E-state index in [0.29, 0.717) is 18.0 Å². The summed E-state index contributed by atoms with van der Waals surface area (Å²) in [5.41, 5.74) is 0.679. The molecule has 0 radical (unpaired) electrons. The normalized spacial score (nSPS) is 17.8. The zero-order chi connectivity index (χ0) is 16.9. The molecule has 136 valence electrons. The molecule has 1 aromatic carbocycles. The molecule has 0 saturated carbocycles. The second-order valence-corrected chi connectivity index (χ2v) is 7.55. The van der Waals surface area contributed by atoms with Crippen LogP contribution in [-0.4, -0.2) is 41.1 Å². The smallest absolute Gasteiger partial charge is 0.338 e. The highest BCUT2D eigenvalue weighted by Gasteiger charge is 2.21. The van der Waals surface area contributed by atoms with Gasteiger partial charge in [-0.05, 0) is 62.9 Å². The zero-order valence-corrected chi connectivity index (χ0v) is 15.6. The number of hydrogen-bond acceptors (Lipinski definition) is 5. The fraction of sp³-hybridized carbons (Fsp3) is 0.562. The Bertz CT molecular complexity index is 658. The van der Waals surface area contributed by atoms with Crippen molar-refractivity contribution in [3.05, 3.63) is 29.3 Å². The van der Waals surface area contributed by atoms with E-state index in [1.165, 1.54) is 13.2 Å². The minimum atomic E-state index is -3.63. The molecular weight excluding hydrogens is 352 g/mol. The Morgan fingerprint density at radius 2 is 2.17 bits per heavy atom. The largest absolute Gasteiger partial charge is 0.465 e. The van der Waals surface area contributed by atoms with Crippen LogP contribution < -0.4 is 10.0 Å². The molecule has 8 heteroatoms. The van der Waals surface area contributed by atoms with Gasteiger partial charge in [-0.1, -0.05) is 6.07 Å². The van der Waals surface area contributed by atoms with Crippen molar-refractivity contribution >= 4 is 28.4 Å². The van der Waals surface area contributed by atoms with E-state index >= 15 is 0 Å². The Kier molecular flexibility index (Phi) is 8.15. The van der Waals surface area contributed by atoms with Crippen molar-refractivity contribution in [2.75, 3.05) is 26.7 Å². The summed E-state index contributed by atoms with van der Waals surface area (Å²) in [5.74, 6) is -0.0261. The second kappa shape index (κ2) is 9.36. The van der Waals surface area contributed by atoms with Crippen molar-refractivity contribution in [2.24, 2.45) is 5.92 Å². The maximum atomic E-state index is 12.5. The summed E-state index contributed by atoms with van der Waals surface area (Å²) in [7, 11) is -2.36. The van der Waals surface area contributed by atoms with E-state index in [-0.39, 0.29) is 22.9 Å². The van der Waals surface area contributed by atoms with Gasteiger partial charge in [0.15, 0.2) is 0 Å². The number of rotatable bonds is 6. The quantitative estimate of drug-likeness (QED) is 0.740. The lowest BCUT2D eigenvalue weighted by atomic mass is 9.96. The molecule has 0 aromatic heterocycles. The van der Waals surface area contributed by atoms with Crippen LogP contribution in [0.15, 0.2) is 23.1 Å². The first-order chi connectivity index (χ1) is 11.0. The van der Waals surface area contributed by atoms with Crippen LogP contribution in [-0.2, 0) is 14.8 Å².